The molecule has 0 aliphatic carbocycles. The monoisotopic (exact) mass is 400 g/mol. The van der Waals surface area contributed by atoms with Gasteiger partial charge in [-0.3, -0.25) is 0 Å². The Morgan fingerprint density at radius 3 is 2.38 bits per heavy atom. The summed E-state index contributed by atoms with van der Waals surface area (Å²) in [6.07, 6.45) is 0.898. The van der Waals surface area contributed by atoms with Gasteiger partial charge in [-0.15, -0.1) is 11.3 Å². The van der Waals surface area contributed by atoms with Gasteiger partial charge < -0.3 is 4.74 Å². The molecule has 29 heavy (non-hydrogen) atoms. The fourth-order valence-corrected chi connectivity index (χ4v) is 3.86. The van der Waals surface area contributed by atoms with Gasteiger partial charge in [0.05, 0.1) is 23.8 Å². The summed E-state index contributed by atoms with van der Waals surface area (Å²) in [6.45, 7) is 6.41. The highest BCUT2D eigenvalue weighted by Gasteiger charge is 2.18. The van der Waals surface area contributed by atoms with Gasteiger partial charge in [0.1, 0.15) is 11.4 Å². The Balaban J connectivity index is 1.93. The standard InChI is InChI=1S/C25H24N2OS/c1-17(2)25(14-19-6-9-24(28-4)10-7-19)22-12-20(11-21(13-22)15-26)5-8-23-16-29-18(3)27-23/h6-7,9-13,16-17,25H,14H2,1-4H3. The molecule has 0 saturated carbocycles. The minimum absolute atomic E-state index is 0.291. The van der Waals surface area contributed by atoms with E-state index in [1.807, 2.05) is 36.6 Å². The molecule has 0 spiro atoms. The van der Waals surface area contributed by atoms with Crippen LogP contribution in [0.2, 0.25) is 0 Å². The van der Waals surface area contributed by atoms with E-state index < -0.39 is 0 Å². The molecule has 0 saturated heterocycles. The second-order valence-electron chi connectivity index (χ2n) is 7.36. The largest absolute Gasteiger partial charge is 0.497 e. The van der Waals surface area contributed by atoms with Crippen molar-refractivity contribution in [1.29, 1.82) is 5.26 Å². The molecular weight excluding hydrogens is 376 g/mol. The molecule has 0 aliphatic heterocycles. The van der Waals surface area contributed by atoms with Gasteiger partial charge in [-0.25, -0.2) is 4.98 Å². The molecule has 0 N–H and O–H groups in total. The molecule has 1 atom stereocenters. The third-order valence-electron chi connectivity index (χ3n) is 4.89. The molecule has 0 bridgehead atoms. The summed E-state index contributed by atoms with van der Waals surface area (Å²) in [5.41, 5.74) is 4.66. The lowest BCUT2D eigenvalue weighted by atomic mass is 9.82. The molecule has 0 aliphatic rings. The zero-order valence-corrected chi connectivity index (χ0v) is 18.0. The molecule has 0 fully saturated rings. The van der Waals surface area contributed by atoms with Crippen LogP contribution in [0.1, 0.15) is 52.7 Å². The van der Waals surface area contributed by atoms with E-state index in [0.29, 0.717) is 17.4 Å². The Morgan fingerprint density at radius 1 is 1.07 bits per heavy atom. The Hall–Kier alpha value is -3.08. The van der Waals surface area contributed by atoms with Crippen LogP contribution in [0.4, 0.5) is 0 Å². The van der Waals surface area contributed by atoms with Crippen molar-refractivity contribution in [3.05, 3.63) is 80.8 Å². The van der Waals surface area contributed by atoms with E-state index in [9.17, 15) is 5.26 Å². The van der Waals surface area contributed by atoms with Crippen LogP contribution in [0.15, 0.2) is 47.8 Å². The van der Waals surface area contributed by atoms with E-state index in [1.54, 1.807) is 18.4 Å². The lowest BCUT2D eigenvalue weighted by Crippen LogP contribution is -2.11. The average molecular weight is 401 g/mol. The number of nitrogens with zero attached hydrogens (tertiary/aromatic N) is 2. The topological polar surface area (TPSA) is 45.9 Å². The van der Waals surface area contributed by atoms with Gasteiger partial charge in [-0.2, -0.15) is 5.26 Å². The van der Waals surface area contributed by atoms with Crippen molar-refractivity contribution in [3.8, 4) is 23.7 Å². The number of rotatable bonds is 5. The quantitative estimate of drug-likeness (QED) is 0.515. The van der Waals surface area contributed by atoms with Gasteiger partial charge in [-0.05, 0) is 72.6 Å². The van der Waals surface area contributed by atoms with Crippen LogP contribution in [-0.4, -0.2) is 12.1 Å². The first kappa shape index (κ1) is 20.6. The third-order valence-corrected chi connectivity index (χ3v) is 5.66. The normalized spacial score (nSPS) is 11.4. The van der Waals surface area contributed by atoms with Gasteiger partial charge >= 0.3 is 0 Å². The zero-order valence-electron chi connectivity index (χ0n) is 17.2. The number of hydrogen-bond donors (Lipinski definition) is 0. The summed E-state index contributed by atoms with van der Waals surface area (Å²) in [4.78, 5) is 4.39. The van der Waals surface area contributed by atoms with Gasteiger partial charge in [0.25, 0.3) is 0 Å². The molecule has 1 unspecified atom stereocenters. The van der Waals surface area contributed by atoms with E-state index >= 15 is 0 Å². The molecule has 1 aromatic heterocycles. The Bertz CT molecular complexity index is 1080. The van der Waals surface area contributed by atoms with E-state index in [1.165, 1.54) is 5.56 Å². The van der Waals surface area contributed by atoms with Crippen molar-refractivity contribution in [3.63, 3.8) is 0 Å². The maximum Gasteiger partial charge on any atom is 0.124 e. The second-order valence-corrected chi connectivity index (χ2v) is 8.42. The van der Waals surface area contributed by atoms with Gasteiger partial charge in [0, 0.05) is 10.9 Å². The molecule has 146 valence electrons. The number of aromatic nitrogens is 1. The highest BCUT2D eigenvalue weighted by molar-refractivity contribution is 7.09. The zero-order chi connectivity index (χ0) is 20.8. The van der Waals surface area contributed by atoms with Crippen molar-refractivity contribution >= 4 is 11.3 Å². The molecule has 4 heteroatoms. The predicted octanol–water partition coefficient (Wildman–Crippen LogP) is 5.71. The first-order valence-corrected chi connectivity index (χ1v) is 10.5. The fourth-order valence-electron chi connectivity index (χ4n) is 3.31. The molecule has 0 radical (unpaired) electrons. The molecule has 3 aromatic rings. The second kappa shape index (κ2) is 9.41. The smallest absolute Gasteiger partial charge is 0.124 e. The third kappa shape index (κ3) is 5.47. The minimum Gasteiger partial charge on any atom is -0.497 e. The number of benzene rings is 2. The Kier molecular flexibility index (Phi) is 6.70. The lowest BCUT2D eigenvalue weighted by molar-refractivity contribution is 0.414. The Morgan fingerprint density at radius 2 is 1.79 bits per heavy atom. The van der Waals surface area contributed by atoms with Crippen LogP contribution in [0, 0.1) is 36.0 Å². The number of methoxy groups -OCH3 is 1. The van der Waals surface area contributed by atoms with E-state index in [2.05, 4.69) is 54.9 Å². The van der Waals surface area contributed by atoms with Crippen LogP contribution >= 0.6 is 11.3 Å². The number of ether oxygens (including phenoxy) is 1. The molecule has 0 amide bonds. The highest BCUT2D eigenvalue weighted by Crippen LogP contribution is 2.30. The molecule has 2 aromatic carbocycles. The van der Waals surface area contributed by atoms with E-state index in [-0.39, 0.29) is 0 Å². The lowest BCUT2D eigenvalue weighted by Gasteiger charge is -2.22. The van der Waals surface area contributed by atoms with E-state index in [0.717, 1.165) is 34.0 Å². The van der Waals surface area contributed by atoms with Gasteiger partial charge in [-0.1, -0.05) is 31.9 Å². The van der Waals surface area contributed by atoms with Crippen molar-refractivity contribution in [2.75, 3.05) is 7.11 Å². The summed E-state index contributed by atoms with van der Waals surface area (Å²) in [7, 11) is 1.68. The first-order valence-electron chi connectivity index (χ1n) is 9.60. The number of nitriles is 1. The predicted molar refractivity (Wildman–Crippen MR) is 118 cm³/mol. The van der Waals surface area contributed by atoms with Crippen LogP contribution < -0.4 is 4.74 Å². The average Bonchev–Trinajstić information content (AvgIpc) is 3.15. The highest BCUT2D eigenvalue weighted by atomic mass is 32.1. The molecule has 3 rings (SSSR count). The number of aryl methyl sites for hydroxylation is 1. The maximum atomic E-state index is 9.52. The van der Waals surface area contributed by atoms with Crippen LogP contribution in [-0.2, 0) is 6.42 Å². The van der Waals surface area contributed by atoms with Crippen molar-refractivity contribution in [1.82, 2.24) is 4.98 Å². The summed E-state index contributed by atoms with van der Waals surface area (Å²) in [5, 5.41) is 12.5. The van der Waals surface area contributed by atoms with Crippen molar-refractivity contribution in [2.45, 2.75) is 33.1 Å². The summed E-state index contributed by atoms with van der Waals surface area (Å²) >= 11 is 1.59. The SMILES string of the molecule is COc1ccc(CC(c2cc(C#N)cc(C#Cc3csc(C)n3)c2)C(C)C)cc1. The minimum atomic E-state index is 0.291. The first-order chi connectivity index (χ1) is 14.0. The summed E-state index contributed by atoms with van der Waals surface area (Å²) < 4.78 is 5.26. The van der Waals surface area contributed by atoms with Crippen LogP contribution in [0.25, 0.3) is 0 Å². The summed E-state index contributed by atoms with van der Waals surface area (Å²) in [6, 6.07) is 16.4. The van der Waals surface area contributed by atoms with Crippen LogP contribution in [0.3, 0.4) is 0 Å². The van der Waals surface area contributed by atoms with Gasteiger partial charge in [0.15, 0.2) is 0 Å². The van der Waals surface area contributed by atoms with Crippen molar-refractivity contribution in [2.24, 2.45) is 5.92 Å². The maximum absolute atomic E-state index is 9.52. The van der Waals surface area contributed by atoms with Crippen molar-refractivity contribution < 1.29 is 4.74 Å². The fraction of sp³-hybridized carbons (Fsp3) is 0.280. The molecular formula is C25H24N2OS. The summed E-state index contributed by atoms with van der Waals surface area (Å²) in [5.74, 6) is 7.88. The Labute approximate surface area is 177 Å². The van der Waals surface area contributed by atoms with Gasteiger partial charge in [0.2, 0.25) is 0 Å². The number of thiazole rings is 1. The van der Waals surface area contributed by atoms with E-state index in [4.69, 9.17) is 4.74 Å². The number of hydrogen-bond acceptors (Lipinski definition) is 4. The molecule has 3 nitrogen and oxygen atoms in total. The molecule has 1 heterocycles. The van der Waals surface area contributed by atoms with Crippen LogP contribution in [0.5, 0.6) is 5.75 Å².